The molecule has 2 aromatic carbocycles. The summed E-state index contributed by atoms with van der Waals surface area (Å²) in [5, 5.41) is 13.7. The van der Waals surface area contributed by atoms with Gasteiger partial charge in [0.1, 0.15) is 24.3 Å². The molecule has 7 heteroatoms. The molecule has 0 bridgehead atoms. The standard InChI is InChI=1S/C22H25FN2O4/c1-4-28-22(27)21-14(2)25(3)20-10-9-16(11-17(20)21)29-13-15(26)12-24-19-8-6-5-7-18(19)23/h5-11,15,24,26H,4,12-13H2,1-3H3/t15-/m1/s1. The van der Waals surface area contributed by atoms with E-state index in [-0.39, 0.29) is 24.9 Å². The number of aryl methyl sites for hydroxylation is 1. The van der Waals surface area contributed by atoms with Crippen LogP contribution in [0.3, 0.4) is 0 Å². The number of fused-ring (bicyclic) bond motifs is 1. The topological polar surface area (TPSA) is 72.7 Å². The number of ether oxygens (including phenoxy) is 2. The first kappa shape index (κ1) is 20.7. The third-order valence-electron chi connectivity index (χ3n) is 4.79. The Morgan fingerprint density at radius 1 is 1.28 bits per heavy atom. The van der Waals surface area contributed by atoms with Crippen molar-refractivity contribution >= 4 is 22.6 Å². The molecule has 6 nitrogen and oxygen atoms in total. The van der Waals surface area contributed by atoms with E-state index in [1.165, 1.54) is 6.07 Å². The lowest BCUT2D eigenvalue weighted by atomic mass is 10.1. The van der Waals surface area contributed by atoms with Crippen LogP contribution in [-0.2, 0) is 11.8 Å². The first-order valence-electron chi connectivity index (χ1n) is 9.47. The summed E-state index contributed by atoms with van der Waals surface area (Å²) in [6.45, 7) is 4.09. The van der Waals surface area contributed by atoms with Crippen LogP contribution in [0.1, 0.15) is 23.0 Å². The SMILES string of the molecule is CCOC(=O)c1c(C)n(C)c2ccc(OC[C@H](O)CNc3ccccc3F)cc12. The second-order valence-electron chi connectivity index (χ2n) is 6.74. The minimum absolute atomic E-state index is 0.0213. The highest BCUT2D eigenvalue weighted by molar-refractivity contribution is 6.06. The van der Waals surface area contributed by atoms with Crippen molar-refractivity contribution in [2.75, 3.05) is 25.1 Å². The lowest BCUT2D eigenvalue weighted by Gasteiger charge is -2.14. The molecule has 29 heavy (non-hydrogen) atoms. The fraction of sp³-hybridized carbons (Fsp3) is 0.318. The minimum Gasteiger partial charge on any atom is -0.491 e. The van der Waals surface area contributed by atoms with Crippen molar-refractivity contribution in [2.24, 2.45) is 7.05 Å². The maximum Gasteiger partial charge on any atom is 0.340 e. The van der Waals surface area contributed by atoms with Crippen molar-refractivity contribution in [2.45, 2.75) is 20.0 Å². The molecule has 3 rings (SSSR count). The fourth-order valence-electron chi connectivity index (χ4n) is 3.19. The number of nitrogens with one attached hydrogen (secondary N) is 1. The van der Waals surface area contributed by atoms with Gasteiger partial charge in [-0.25, -0.2) is 9.18 Å². The van der Waals surface area contributed by atoms with Crippen LogP contribution < -0.4 is 10.1 Å². The molecule has 1 heterocycles. The molecule has 2 N–H and O–H groups in total. The average Bonchev–Trinajstić information content (AvgIpc) is 2.96. The first-order chi connectivity index (χ1) is 13.9. The molecule has 0 aliphatic carbocycles. The smallest absolute Gasteiger partial charge is 0.340 e. The van der Waals surface area contributed by atoms with E-state index in [9.17, 15) is 14.3 Å². The number of halogens is 1. The van der Waals surface area contributed by atoms with Crippen molar-refractivity contribution in [1.29, 1.82) is 0 Å². The second-order valence-corrected chi connectivity index (χ2v) is 6.74. The maximum absolute atomic E-state index is 13.6. The predicted molar refractivity (Wildman–Crippen MR) is 110 cm³/mol. The van der Waals surface area contributed by atoms with Crippen LogP contribution in [0.4, 0.5) is 10.1 Å². The molecule has 0 saturated carbocycles. The molecule has 1 atom stereocenters. The van der Waals surface area contributed by atoms with Crippen molar-refractivity contribution in [3.05, 3.63) is 59.5 Å². The van der Waals surface area contributed by atoms with Crippen molar-refractivity contribution < 1.29 is 23.8 Å². The molecule has 0 aliphatic rings. The summed E-state index contributed by atoms with van der Waals surface area (Å²) in [6.07, 6.45) is -0.840. The van der Waals surface area contributed by atoms with Gasteiger partial charge < -0.3 is 24.5 Å². The summed E-state index contributed by atoms with van der Waals surface area (Å²) in [6, 6.07) is 11.7. The van der Waals surface area contributed by atoms with Crippen molar-refractivity contribution in [3.63, 3.8) is 0 Å². The average molecular weight is 400 g/mol. The number of esters is 1. The summed E-state index contributed by atoms with van der Waals surface area (Å²) in [5.41, 5.74) is 2.53. The fourth-order valence-corrected chi connectivity index (χ4v) is 3.19. The Morgan fingerprint density at radius 3 is 2.76 bits per heavy atom. The van der Waals surface area contributed by atoms with Crippen LogP contribution in [0.2, 0.25) is 0 Å². The minimum atomic E-state index is -0.840. The van der Waals surface area contributed by atoms with Gasteiger partial charge in [-0.15, -0.1) is 0 Å². The number of aliphatic hydroxyl groups excluding tert-OH is 1. The number of carbonyl (C=O) groups is 1. The highest BCUT2D eigenvalue weighted by Crippen LogP contribution is 2.29. The molecule has 154 valence electrons. The summed E-state index contributed by atoms with van der Waals surface area (Å²) in [7, 11) is 1.89. The number of nitrogens with zero attached hydrogens (tertiary/aromatic N) is 1. The van der Waals surface area contributed by atoms with E-state index in [0.717, 1.165) is 16.6 Å². The molecule has 0 radical (unpaired) electrons. The molecular formula is C22H25FN2O4. The van der Waals surface area contributed by atoms with Gasteiger partial charge in [0.25, 0.3) is 0 Å². The van der Waals surface area contributed by atoms with Gasteiger partial charge in [0.15, 0.2) is 0 Å². The molecule has 0 spiro atoms. The number of aliphatic hydroxyl groups is 1. The zero-order chi connectivity index (χ0) is 21.0. The number of hydrogen-bond donors (Lipinski definition) is 2. The molecular weight excluding hydrogens is 375 g/mol. The monoisotopic (exact) mass is 400 g/mol. The first-order valence-corrected chi connectivity index (χ1v) is 9.47. The van der Waals surface area contributed by atoms with E-state index in [1.807, 2.05) is 24.6 Å². The molecule has 0 fully saturated rings. The Bertz CT molecular complexity index is 1020. The van der Waals surface area contributed by atoms with E-state index in [4.69, 9.17) is 9.47 Å². The Balaban J connectivity index is 1.69. The molecule has 3 aromatic rings. The molecule has 1 aromatic heterocycles. The summed E-state index contributed by atoms with van der Waals surface area (Å²) in [5.74, 6) is -0.225. The van der Waals surface area contributed by atoms with Crippen LogP contribution in [-0.4, -0.2) is 41.5 Å². The third kappa shape index (κ3) is 4.51. The normalized spacial score (nSPS) is 12.0. The van der Waals surface area contributed by atoms with Crippen LogP contribution in [0.5, 0.6) is 5.75 Å². The van der Waals surface area contributed by atoms with Gasteiger partial charge in [-0.05, 0) is 44.2 Å². The second kappa shape index (κ2) is 8.96. The quantitative estimate of drug-likeness (QED) is 0.565. The zero-order valence-corrected chi connectivity index (χ0v) is 16.7. The summed E-state index contributed by atoms with van der Waals surface area (Å²) >= 11 is 0. The number of anilines is 1. The van der Waals surface area contributed by atoms with Crippen LogP contribution in [0.25, 0.3) is 10.9 Å². The van der Waals surface area contributed by atoms with Gasteiger partial charge in [-0.1, -0.05) is 12.1 Å². The lowest BCUT2D eigenvalue weighted by Crippen LogP contribution is -2.26. The number of hydrogen-bond acceptors (Lipinski definition) is 5. The Labute approximate surface area is 168 Å². The number of carbonyl (C=O) groups excluding carboxylic acids is 1. The zero-order valence-electron chi connectivity index (χ0n) is 16.7. The molecule has 0 saturated heterocycles. The van der Waals surface area contributed by atoms with E-state index in [0.29, 0.717) is 23.6 Å². The van der Waals surface area contributed by atoms with E-state index in [1.54, 1.807) is 37.3 Å². The van der Waals surface area contributed by atoms with Gasteiger partial charge >= 0.3 is 5.97 Å². The van der Waals surface area contributed by atoms with E-state index < -0.39 is 6.10 Å². The summed E-state index contributed by atoms with van der Waals surface area (Å²) in [4.78, 5) is 12.4. The van der Waals surface area contributed by atoms with Gasteiger partial charge in [-0.3, -0.25) is 0 Å². The number of para-hydroxylation sites is 1. The van der Waals surface area contributed by atoms with Crippen LogP contribution >= 0.6 is 0 Å². The van der Waals surface area contributed by atoms with Crippen LogP contribution in [0, 0.1) is 12.7 Å². The lowest BCUT2D eigenvalue weighted by molar-refractivity contribution is 0.0527. The highest BCUT2D eigenvalue weighted by Gasteiger charge is 2.20. The summed E-state index contributed by atoms with van der Waals surface area (Å²) < 4.78 is 26.4. The third-order valence-corrected chi connectivity index (χ3v) is 4.79. The van der Waals surface area contributed by atoms with Crippen molar-refractivity contribution in [3.8, 4) is 5.75 Å². The van der Waals surface area contributed by atoms with Gasteiger partial charge in [0.2, 0.25) is 0 Å². The Hall–Kier alpha value is -3.06. The molecule has 0 aliphatic heterocycles. The number of aromatic nitrogens is 1. The van der Waals surface area contributed by atoms with Gasteiger partial charge in [0, 0.05) is 30.2 Å². The van der Waals surface area contributed by atoms with Crippen LogP contribution in [0.15, 0.2) is 42.5 Å². The Kier molecular flexibility index (Phi) is 6.39. The maximum atomic E-state index is 13.6. The number of rotatable bonds is 8. The Morgan fingerprint density at radius 2 is 2.03 bits per heavy atom. The predicted octanol–water partition coefficient (Wildman–Crippen LogP) is 3.65. The largest absolute Gasteiger partial charge is 0.491 e. The molecule has 0 amide bonds. The van der Waals surface area contributed by atoms with E-state index in [2.05, 4.69) is 5.32 Å². The van der Waals surface area contributed by atoms with E-state index >= 15 is 0 Å². The number of benzene rings is 2. The molecule has 0 unspecified atom stereocenters. The van der Waals surface area contributed by atoms with Crippen molar-refractivity contribution in [1.82, 2.24) is 4.57 Å². The highest BCUT2D eigenvalue weighted by atomic mass is 19.1. The van der Waals surface area contributed by atoms with Gasteiger partial charge in [0.05, 0.1) is 17.9 Å². The van der Waals surface area contributed by atoms with Gasteiger partial charge in [-0.2, -0.15) is 0 Å².